The summed E-state index contributed by atoms with van der Waals surface area (Å²) in [6.45, 7) is 2.73. The topological polar surface area (TPSA) is 59.6 Å². The molecule has 0 radical (unpaired) electrons. The molecule has 0 saturated heterocycles. The Morgan fingerprint density at radius 1 is 1.30 bits per heavy atom. The van der Waals surface area contributed by atoms with E-state index >= 15 is 0 Å². The quantitative estimate of drug-likeness (QED) is 0.788. The van der Waals surface area contributed by atoms with Crippen molar-refractivity contribution in [2.45, 2.75) is 26.1 Å². The number of carbonyl (C=O) groups excluding carboxylic acids is 1. The summed E-state index contributed by atoms with van der Waals surface area (Å²) < 4.78 is 34.3. The molecule has 110 valence electrons. The van der Waals surface area contributed by atoms with E-state index in [1.54, 1.807) is 6.07 Å². The minimum Gasteiger partial charge on any atom is -0.395 e. The van der Waals surface area contributed by atoms with Crippen LogP contribution in [0, 0.1) is 0 Å². The fourth-order valence-corrected chi connectivity index (χ4v) is 1.71. The number of carbonyl (C=O) groups is 1. The summed E-state index contributed by atoms with van der Waals surface area (Å²) in [5.41, 5.74) is 0.510. The van der Waals surface area contributed by atoms with Crippen LogP contribution in [0.15, 0.2) is 18.2 Å². The summed E-state index contributed by atoms with van der Waals surface area (Å²) in [6.07, 6.45) is -1.70. The van der Waals surface area contributed by atoms with Crippen LogP contribution >= 0.6 is 0 Å². The van der Waals surface area contributed by atoms with Crippen molar-refractivity contribution in [1.82, 2.24) is 5.32 Å². The van der Waals surface area contributed by atoms with E-state index in [2.05, 4.69) is 20.1 Å². The van der Waals surface area contributed by atoms with Crippen LogP contribution < -0.4 is 20.1 Å². The van der Waals surface area contributed by atoms with Gasteiger partial charge in [-0.05, 0) is 18.6 Å². The van der Waals surface area contributed by atoms with Crippen molar-refractivity contribution in [1.29, 1.82) is 0 Å². The molecule has 0 fully saturated rings. The summed E-state index contributed by atoms with van der Waals surface area (Å²) in [4.78, 5) is 11.5. The van der Waals surface area contributed by atoms with Gasteiger partial charge < -0.3 is 20.1 Å². The van der Waals surface area contributed by atoms with Crippen LogP contribution in [-0.4, -0.2) is 25.3 Å². The maximum atomic E-state index is 12.8. The highest BCUT2D eigenvalue weighted by atomic mass is 19.3. The summed E-state index contributed by atoms with van der Waals surface area (Å²) in [5.74, 6) is -0.221. The minimum absolute atomic E-state index is 0.0204. The lowest BCUT2D eigenvalue weighted by Gasteiger charge is -2.07. The Kier molecular flexibility index (Phi) is 4.26. The van der Waals surface area contributed by atoms with Gasteiger partial charge in [0.25, 0.3) is 0 Å². The van der Waals surface area contributed by atoms with E-state index in [1.165, 1.54) is 12.1 Å². The molecule has 2 N–H and O–H groups in total. The van der Waals surface area contributed by atoms with Gasteiger partial charge in [0.1, 0.15) is 0 Å². The predicted octanol–water partition coefficient (Wildman–Crippen LogP) is 2.34. The first-order chi connectivity index (χ1) is 9.50. The second kappa shape index (κ2) is 5.94. The van der Waals surface area contributed by atoms with Gasteiger partial charge in [-0.2, -0.15) is 0 Å². The van der Waals surface area contributed by atoms with Crippen LogP contribution in [0.3, 0.4) is 0 Å². The lowest BCUT2D eigenvalue weighted by molar-refractivity contribution is -0.286. The molecule has 1 aliphatic rings. The van der Waals surface area contributed by atoms with Crippen LogP contribution in [0.4, 0.5) is 14.5 Å². The average Bonchev–Trinajstić information content (AvgIpc) is 2.69. The van der Waals surface area contributed by atoms with Gasteiger partial charge in [-0.15, -0.1) is 8.78 Å². The van der Waals surface area contributed by atoms with Crippen LogP contribution in [-0.2, 0) is 4.79 Å². The molecule has 0 saturated carbocycles. The van der Waals surface area contributed by atoms with E-state index < -0.39 is 6.29 Å². The molecular weight excluding hydrogens is 270 g/mol. The largest absolute Gasteiger partial charge is 0.586 e. The SMILES string of the molecule is CCCCNC(=O)CNc1ccc2c(c1)OC(F)(F)O2. The number of rotatable bonds is 6. The molecule has 2 rings (SSSR count). The van der Waals surface area contributed by atoms with Crippen LogP contribution in [0.5, 0.6) is 11.5 Å². The summed E-state index contributed by atoms with van der Waals surface area (Å²) >= 11 is 0. The van der Waals surface area contributed by atoms with E-state index in [0.29, 0.717) is 12.2 Å². The Morgan fingerprint density at radius 3 is 2.80 bits per heavy atom. The fraction of sp³-hybridized carbons (Fsp3) is 0.462. The van der Waals surface area contributed by atoms with Crippen LogP contribution in [0.2, 0.25) is 0 Å². The number of anilines is 1. The van der Waals surface area contributed by atoms with Crippen molar-refractivity contribution < 1.29 is 23.0 Å². The third-order valence-electron chi connectivity index (χ3n) is 2.71. The lowest BCUT2D eigenvalue weighted by Crippen LogP contribution is -2.30. The van der Waals surface area contributed by atoms with E-state index in [-0.39, 0.29) is 24.0 Å². The predicted molar refractivity (Wildman–Crippen MR) is 69.1 cm³/mol. The number of unbranched alkanes of at least 4 members (excludes halogenated alkanes) is 1. The number of amides is 1. The third-order valence-corrected chi connectivity index (χ3v) is 2.71. The highest BCUT2D eigenvalue weighted by Crippen LogP contribution is 2.42. The van der Waals surface area contributed by atoms with Gasteiger partial charge in [-0.3, -0.25) is 4.79 Å². The van der Waals surface area contributed by atoms with E-state index in [1.807, 2.05) is 6.92 Å². The van der Waals surface area contributed by atoms with Crippen molar-refractivity contribution in [3.63, 3.8) is 0 Å². The Morgan fingerprint density at radius 2 is 2.05 bits per heavy atom. The van der Waals surface area contributed by atoms with E-state index in [0.717, 1.165) is 12.8 Å². The Bertz CT molecular complexity index is 495. The standard InChI is InChI=1S/C13H16F2N2O3/c1-2-3-6-16-12(18)8-17-9-4-5-10-11(7-9)20-13(14,15)19-10/h4-5,7,17H,2-3,6,8H2,1H3,(H,16,18). The highest BCUT2D eigenvalue weighted by Gasteiger charge is 2.43. The number of fused-ring (bicyclic) bond motifs is 1. The second-order valence-electron chi connectivity index (χ2n) is 4.39. The van der Waals surface area contributed by atoms with Gasteiger partial charge in [0.15, 0.2) is 11.5 Å². The summed E-state index contributed by atoms with van der Waals surface area (Å²) in [7, 11) is 0. The lowest BCUT2D eigenvalue weighted by atomic mass is 10.3. The summed E-state index contributed by atoms with van der Waals surface area (Å²) in [5, 5.41) is 5.58. The van der Waals surface area contributed by atoms with Crippen molar-refractivity contribution in [2.24, 2.45) is 0 Å². The zero-order chi connectivity index (χ0) is 14.6. The number of halogens is 2. The Labute approximate surface area is 115 Å². The van der Waals surface area contributed by atoms with Gasteiger partial charge >= 0.3 is 6.29 Å². The monoisotopic (exact) mass is 286 g/mol. The normalized spacial score (nSPS) is 14.9. The molecule has 1 aromatic carbocycles. The first-order valence-electron chi connectivity index (χ1n) is 6.40. The molecular formula is C13H16F2N2O3. The molecule has 0 unspecified atom stereocenters. The minimum atomic E-state index is -3.63. The van der Waals surface area contributed by atoms with Gasteiger partial charge in [0.2, 0.25) is 5.91 Å². The number of hydrogen-bond donors (Lipinski definition) is 2. The Balaban J connectivity index is 1.85. The fourth-order valence-electron chi connectivity index (χ4n) is 1.71. The number of alkyl halides is 2. The van der Waals surface area contributed by atoms with Crippen LogP contribution in [0.1, 0.15) is 19.8 Å². The first-order valence-corrected chi connectivity index (χ1v) is 6.40. The Hall–Kier alpha value is -2.05. The molecule has 0 bridgehead atoms. The molecule has 5 nitrogen and oxygen atoms in total. The van der Waals surface area contributed by atoms with Crippen molar-refractivity contribution in [3.05, 3.63) is 18.2 Å². The van der Waals surface area contributed by atoms with Crippen LogP contribution in [0.25, 0.3) is 0 Å². The van der Waals surface area contributed by atoms with Crippen molar-refractivity contribution in [3.8, 4) is 11.5 Å². The van der Waals surface area contributed by atoms with E-state index in [9.17, 15) is 13.6 Å². The maximum absolute atomic E-state index is 12.8. The zero-order valence-corrected chi connectivity index (χ0v) is 11.0. The highest BCUT2D eigenvalue weighted by molar-refractivity contribution is 5.80. The molecule has 0 aliphatic carbocycles. The summed E-state index contributed by atoms with van der Waals surface area (Å²) in [6, 6.07) is 4.28. The molecule has 0 aromatic heterocycles. The van der Waals surface area contributed by atoms with Gasteiger partial charge in [-0.25, -0.2) is 0 Å². The molecule has 1 aliphatic heterocycles. The molecule has 20 heavy (non-hydrogen) atoms. The number of ether oxygens (including phenoxy) is 2. The molecule has 1 amide bonds. The third kappa shape index (κ3) is 3.72. The van der Waals surface area contributed by atoms with E-state index in [4.69, 9.17) is 0 Å². The number of benzene rings is 1. The van der Waals surface area contributed by atoms with Gasteiger partial charge in [0.05, 0.1) is 6.54 Å². The molecule has 7 heteroatoms. The molecule has 1 aromatic rings. The zero-order valence-electron chi connectivity index (χ0n) is 11.0. The molecule has 0 atom stereocenters. The average molecular weight is 286 g/mol. The number of nitrogens with one attached hydrogen (secondary N) is 2. The number of hydrogen-bond acceptors (Lipinski definition) is 4. The smallest absolute Gasteiger partial charge is 0.395 e. The molecule has 1 heterocycles. The van der Waals surface area contributed by atoms with Gasteiger partial charge in [-0.1, -0.05) is 13.3 Å². The van der Waals surface area contributed by atoms with Gasteiger partial charge in [0, 0.05) is 18.3 Å². The second-order valence-corrected chi connectivity index (χ2v) is 4.39. The maximum Gasteiger partial charge on any atom is 0.586 e. The van der Waals surface area contributed by atoms with Crippen molar-refractivity contribution >= 4 is 11.6 Å². The van der Waals surface area contributed by atoms with Crippen molar-refractivity contribution in [2.75, 3.05) is 18.4 Å². The molecule has 0 spiro atoms. The first kappa shape index (κ1) is 14.4.